The van der Waals surface area contributed by atoms with Gasteiger partial charge in [0.15, 0.2) is 0 Å². The van der Waals surface area contributed by atoms with Crippen molar-refractivity contribution in [1.29, 1.82) is 0 Å². The minimum Gasteiger partial charge on any atom is -0.476 e. The quantitative estimate of drug-likeness (QED) is 0.673. The van der Waals surface area contributed by atoms with E-state index in [1.54, 1.807) is 6.20 Å². The predicted molar refractivity (Wildman–Crippen MR) is 88.7 cm³/mol. The van der Waals surface area contributed by atoms with Crippen LogP contribution in [0.5, 0.6) is 5.88 Å². The largest absolute Gasteiger partial charge is 0.476 e. The fourth-order valence-corrected chi connectivity index (χ4v) is 2.45. The first-order valence-electron chi connectivity index (χ1n) is 8.09. The molecule has 0 aliphatic heterocycles. The fraction of sp³-hybridized carbons (Fsp3) is 0.706. The molecule has 0 amide bonds. The van der Waals surface area contributed by atoms with E-state index in [0.29, 0.717) is 18.7 Å². The third-order valence-electron chi connectivity index (χ3n) is 3.51. The first-order chi connectivity index (χ1) is 10.1. The van der Waals surface area contributed by atoms with E-state index in [0.717, 1.165) is 37.5 Å². The van der Waals surface area contributed by atoms with Crippen molar-refractivity contribution in [2.75, 3.05) is 19.7 Å². The summed E-state index contributed by atoms with van der Waals surface area (Å²) >= 11 is 0. The predicted octanol–water partition coefficient (Wildman–Crippen LogP) is 3.08. The Kier molecular flexibility index (Phi) is 8.31. The van der Waals surface area contributed by atoms with Gasteiger partial charge in [0, 0.05) is 36.9 Å². The van der Waals surface area contributed by atoms with Crippen molar-refractivity contribution in [2.45, 2.75) is 59.7 Å². The zero-order valence-corrected chi connectivity index (χ0v) is 14.2. The number of nitrogens with one attached hydrogen (secondary N) is 1. The van der Waals surface area contributed by atoms with Crippen LogP contribution in [0.1, 0.15) is 46.6 Å². The van der Waals surface area contributed by atoms with Gasteiger partial charge in [-0.2, -0.15) is 0 Å². The number of hydrogen-bond acceptors (Lipinski definition) is 4. The molecule has 0 aromatic carbocycles. The van der Waals surface area contributed by atoms with Crippen LogP contribution in [0.2, 0.25) is 0 Å². The minimum absolute atomic E-state index is 0.531. The zero-order valence-electron chi connectivity index (χ0n) is 14.2. The summed E-state index contributed by atoms with van der Waals surface area (Å²) in [7, 11) is 0. The highest BCUT2D eigenvalue weighted by Gasteiger charge is 2.13. The monoisotopic (exact) mass is 293 g/mol. The molecule has 0 saturated heterocycles. The van der Waals surface area contributed by atoms with Crippen molar-refractivity contribution in [3.63, 3.8) is 0 Å². The van der Waals surface area contributed by atoms with Crippen LogP contribution in [-0.2, 0) is 6.54 Å². The summed E-state index contributed by atoms with van der Waals surface area (Å²) in [5, 5.41) is 3.40. The van der Waals surface area contributed by atoms with Crippen LogP contribution in [-0.4, -0.2) is 41.7 Å². The lowest BCUT2D eigenvalue weighted by molar-refractivity contribution is 0.139. The maximum Gasteiger partial charge on any atom is 0.217 e. The molecule has 0 bridgehead atoms. The Balaban J connectivity index is 2.50. The van der Waals surface area contributed by atoms with E-state index in [-0.39, 0.29) is 0 Å². The molecule has 21 heavy (non-hydrogen) atoms. The van der Waals surface area contributed by atoms with Crippen molar-refractivity contribution < 1.29 is 4.74 Å². The van der Waals surface area contributed by atoms with E-state index in [1.165, 1.54) is 0 Å². The summed E-state index contributed by atoms with van der Waals surface area (Å²) in [6.07, 6.45) is 2.93. The van der Waals surface area contributed by atoms with Gasteiger partial charge in [-0.15, -0.1) is 0 Å². The van der Waals surface area contributed by atoms with E-state index in [2.05, 4.69) is 55.9 Å². The van der Waals surface area contributed by atoms with Crippen LogP contribution in [0.15, 0.2) is 18.3 Å². The number of pyridine rings is 1. The summed E-state index contributed by atoms with van der Waals surface area (Å²) < 4.78 is 5.91. The van der Waals surface area contributed by atoms with Gasteiger partial charge in [-0.1, -0.05) is 13.0 Å². The van der Waals surface area contributed by atoms with Gasteiger partial charge in [0.05, 0.1) is 0 Å². The van der Waals surface area contributed by atoms with E-state index in [1.807, 2.05) is 6.07 Å². The van der Waals surface area contributed by atoms with Crippen LogP contribution in [0.3, 0.4) is 0 Å². The Morgan fingerprint density at radius 3 is 2.57 bits per heavy atom. The standard InChI is InChI=1S/C17H31N3O/c1-6-9-18-13-16-8-7-10-19-17(16)21-12-11-20(14(2)3)15(4)5/h7-8,10,14-15,18H,6,9,11-13H2,1-5H3. The lowest BCUT2D eigenvalue weighted by Gasteiger charge is -2.30. The van der Waals surface area contributed by atoms with Crippen molar-refractivity contribution in [3.8, 4) is 5.88 Å². The normalized spacial score (nSPS) is 11.6. The van der Waals surface area contributed by atoms with Gasteiger partial charge in [0.2, 0.25) is 5.88 Å². The zero-order chi connectivity index (χ0) is 15.7. The number of nitrogens with zero attached hydrogens (tertiary/aromatic N) is 2. The molecule has 1 N–H and O–H groups in total. The number of ether oxygens (including phenoxy) is 1. The molecule has 0 atom stereocenters. The Hall–Kier alpha value is -1.13. The molecule has 4 nitrogen and oxygen atoms in total. The maximum atomic E-state index is 5.91. The Bertz CT molecular complexity index is 385. The molecule has 120 valence electrons. The molecule has 1 heterocycles. The number of rotatable bonds is 10. The van der Waals surface area contributed by atoms with E-state index >= 15 is 0 Å². The van der Waals surface area contributed by atoms with Gasteiger partial charge in [0.1, 0.15) is 6.61 Å². The molecule has 0 saturated carbocycles. The lowest BCUT2D eigenvalue weighted by atomic mass is 10.2. The summed E-state index contributed by atoms with van der Waals surface area (Å²) in [5.74, 6) is 0.758. The number of aromatic nitrogens is 1. The molecule has 0 radical (unpaired) electrons. The molecule has 0 aliphatic rings. The molecule has 0 aliphatic carbocycles. The highest BCUT2D eigenvalue weighted by molar-refractivity contribution is 5.25. The second-order valence-electron chi connectivity index (χ2n) is 5.92. The second-order valence-corrected chi connectivity index (χ2v) is 5.92. The molecular formula is C17H31N3O. The van der Waals surface area contributed by atoms with Crippen LogP contribution >= 0.6 is 0 Å². The third-order valence-corrected chi connectivity index (χ3v) is 3.51. The average Bonchev–Trinajstić information content (AvgIpc) is 2.44. The van der Waals surface area contributed by atoms with Gasteiger partial charge in [0.25, 0.3) is 0 Å². The third kappa shape index (κ3) is 6.44. The molecule has 0 unspecified atom stereocenters. The first kappa shape index (κ1) is 17.9. The molecule has 4 heteroatoms. The molecule has 1 aromatic heterocycles. The SMILES string of the molecule is CCCNCc1cccnc1OCCN(C(C)C)C(C)C. The number of hydrogen-bond donors (Lipinski definition) is 1. The lowest BCUT2D eigenvalue weighted by Crippen LogP contribution is -2.39. The Morgan fingerprint density at radius 1 is 1.24 bits per heavy atom. The van der Waals surface area contributed by atoms with Gasteiger partial charge in [-0.3, -0.25) is 4.90 Å². The highest BCUT2D eigenvalue weighted by atomic mass is 16.5. The smallest absolute Gasteiger partial charge is 0.217 e. The van der Waals surface area contributed by atoms with Crippen molar-refractivity contribution in [1.82, 2.24) is 15.2 Å². The van der Waals surface area contributed by atoms with Gasteiger partial charge in [-0.05, 0) is 46.7 Å². The molecule has 0 spiro atoms. The summed E-state index contributed by atoms with van der Waals surface area (Å²) in [4.78, 5) is 6.79. The fourth-order valence-electron chi connectivity index (χ4n) is 2.45. The van der Waals surface area contributed by atoms with Crippen molar-refractivity contribution >= 4 is 0 Å². The minimum atomic E-state index is 0.531. The van der Waals surface area contributed by atoms with Crippen LogP contribution in [0, 0.1) is 0 Å². The summed E-state index contributed by atoms with van der Waals surface area (Å²) in [6.45, 7) is 14.5. The van der Waals surface area contributed by atoms with Gasteiger partial charge < -0.3 is 10.1 Å². The first-order valence-corrected chi connectivity index (χ1v) is 8.09. The van der Waals surface area contributed by atoms with E-state index in [9.17, 15) is 0 Å². The molecule has 1 aromatic rings. The van der Waals surface area contributed by atoms with Gasteiger partial charge in [-0.25, -0.2) is 4.98 Å². The van der Waals surface area contributed by atoms with Crippen LogP contribution in [0.25, 0.3) is 0 Å². The Labute approximate surface area is 129 Å². The maximum absolute atomic E-state index is 5.91. The average molecular weight is 293 g/mol. The Morgan fingerprint density at radius 2 is 1.95 bits per heavy atom. The second kappa shape index (κ2) is 9.74. The summed E-state index contributed by atoms with van der Waals surface area (Å²) in [6, 6.07) is 5.10. The van der Waals surface area contributed by atoms with E-state index in [4.69, 9.17) is 4.74 Å². The molecule has 0 fully saturated rings. The van der Waals surface area contributed by atoms with Crippen LogP contribution < -0.4 is 10.1 Å². The van der Waals surface area contributed by atoms with Crippen molar-refractivity contribution in [2.24, 2.45) is 0 Å². The highest BCUT2D eigenvalue weighted by Crippen LogP contribution is 2.14. The van der Waals surface area contributed by atoms with E-state index < -0.39 is 0 Å². The summed E-state index contributed by atoms with van der Waals surface area (Å²) in [5.41, 5.74) is 1.13. The topological polar surface area (TPSA) is 37.4 Å². The van der Waals surface area contributed by atoms with Crippen molar-refractivity contribution in [3.05, 3.63) is 23.9 Å². The molecular weight excluding hydrogens is 262 g/mol. The molecule has 1 rings (SSSR count). The van der Waals surface area contributed by atoms with Crippen LogP contribution in [0.4, 0.5) is 0 Å². The van der Waals surface area contributed by atoms with Gasteiger partial charge >= 0.3 is 0 Å².